The van der Waals surface area contributed by atoms with E-state index in [-0.39, 0.29) is 11.9 Å². The molecule has 1 saturated heterocycles. The number of carbonyl (C=O) groups is 1. The average molecular weight is 179 g/mol. The van der Waals surface area contributed by atoms with Crippen molar-refractivity contribution in [2.45, 2.75) is 39.7 Å². The molecule has 2 heteroatoms. The van der Waals surface area contributed by atoms with Crippen LogP contribution in [-0.4, -0.2) is 23.4 Å². The second-order valence-corrected chi connectivity index (χ2v) is 3.81. The first kappa shape index (κ1) is 10.1. The van der Waals surface area contributed by atoms with Crippen LogP contribution in [0.4, 0.5) is 0 Å². The summed E-state index contributed by atoms with van der Waals surface area (Å²) in [6.07, 6.45) is 2.14. The summed E-state index contributed by atoms with van der Waals surface area (Å²) in [4.78, 5) is 13.0. The molecule has 1 amide bonds. The fraction of sp³-hybridized carbons (Fsp3) is 0.727. The highest BCUT2D eigenvalue weighted by Crippen LogP contribution is 2.16. The van der Waals surface area contributed by atoms with Crippen molar-refractivity contribution >= 4 is 5.91 Å². The van der Waals surface area contributed by atoms with E-state index >= 15 is 0 Å². The van der Waals surface area contributed by atoms with E-state index in [1.54, 1.807) is 6.92 Å². The van der Waals surface area contributed by atoms with Crippen LogP contribution < -0.4 is 0 Å². The number of likely N-dealkylation sites (tertiary alicyclic amines) is 1. The maximum atomic E-state index is 11.2. The van der Waals surface area contributed by atoms with Crippen molar-refractivity contribution in [3.05, 3.63) is 0 Å². The van der Waals surface area contributed by atoms with Gasteiger partial charge in [0.25, 0.3) is 0 Å². The average Bonchev–Trinajstić information content (AvgIpc) is 2.47. The van der Waals surface area contributed by atoms with Gasteiger partial charge in [0, 0.05) is 19.4 Å². The number of amides is 1. The van der Waals surface area contributed by atoms with Crippen LogP contribution in [0.25, 0.3) is 0 Å². The fourth-order valence-corrected chi connectivity index (χ4v) is 1.56. The molecule has 2 nitrogen and oxygen atoms in total. The van der Waals surface area contributed by atoms with Gasteiger partial charge in [0.2, 0.25) is 5.91 Å². The van der Waals surface area contributed by atoms with Crippen molar-refractivity contribution in [1.82, 2.24) is 4.90 Å². The predicted octanol–water partition coefficient (Wildman–Crippen LogP) is 1.66. The molecule has 0 N–H and O–H groups in total. The van der Waals surface area contributed by atoms with Gasteiger partial charge in [-0.05, 0) is 12.8 Å². The largest absolute Gasteiger partial charge is 0.329 e. The van der Waals surface area contributed by atoms with Gasteiger partial charge in [0.05, 0.1) is 6.04 Å². The van der Waals surface area contributed by atoms with Gasteiger partial charge in [-0.15, -0.1) is 0 Å². The zero-order chi connectivity index (χ0) is 9.84. The van der Waals surface area contributed by atoms with Gasteiger partial charge < -0.3 is 4.90 Å². The molecule has 1 unspecified atom stereocenters. The summed E-state index contributed by atoms with van der Waals surface area (Å²) in [7, 11) is 0. The highest BCUT2D eigenvalue weighted by atomic mass is 16.2. The molecule has 0 spiro atoms. The summed E-state index contributed by atoms with van der Waals surface area (Å²) in [6, 6.07) is 0.180. The van der Waals surface area contributed by atoms with Gasteiger partial charge >= 0.3 is 0 Å². The topological polar surface area (TPSA) is 20.3 Å². The van der Waals surface area contributed by atoms with Crippen LogP contribution in [0.1, 0.15) is 33.6 Å². The monoisotopic (exact) mass is 179 g/mol. The summed E-state index contributed by atoms with van der Waals surface area (Å²) < 4.78 is 0. The lowest BCUT2D eigenvalue weighted by Crippen LogP contribution is -2.32. The van der Waals surface area contributed by atoms with Crippen molar-refractivity contribution in [3.63, 3.8) is 0 Å². The minimum atomic E-state index is 0.153. The Morgan fingerprint density at radius 2 is 2.23 bits per heavy atom. The predicted molar refractivity (Wildman–Crippen MR) is 53.0 cm³/mol. The molecular weight excluding hydrogens is 162 g/mol. The lowest BCUT2D eigenvalue weighted by molar-refractivity contribution is -0.128. The summed E-state index contributed by atoms with van der Waals surface area (Å²) in [6.45, 7) is 6.64. The van der Waals surface area contributed by atoms with E-state index < -0.39 is 0 Å². The zero-order valence-electron chi connectivity index (χ0n) is 8.63. The maximum Gasteiger partial charge on any atom is 0.220 e. The molecule has 1 aliphatic heterocycles. The number of rotatable bonds is 0. The lowest BCUT2D eigenvalue weighted by Gasteiger charge is -2.18. The van der Waals surface area contributed by atoms with Crippen LogP contribution in [0.3, 0.4) is 0 Å². The van der Waals surface area contributed by atoms with Gasteiger partial charge in [-0.3, -0.25) is 4.79 Å². The van der Waals surface area contributed by atoms with Crippen molar-refractivity contribution in [3.8, 4) is 11.8 Å². The number of hydrogen-bond donors (Lipinski definition) is 0. The van der Waals surface area contributed by atoms with Crippen LogP contribution in [-0.2, 0) is 4.79 Å². The molecule has 0 aromatic carbocycles. The second kappa shape index (κ2) is 4.32. The van der Waals surface area contributed by atoms with Crippen molar-refractivity contribution < 1.29 is 4.79 Å². The van der Waals surface area contributed by atoms with Crippen LogP contribution in [0.2, 0.25) is 0 Å². The van der Waals surface area contributed by atoms with Crippen molar-refractivity contribution in [2.24, 2.45) is 5.92 Å². The highest BCUT2D eigenvalue weighted by Gasteiger charge is 2.24. The Kier molecular flexibility index (Phi) is 3.36. The standard InChI is InChI=1S/C11H17NO/c1-9(2)6-7-11-5-4-8-12(11)10(3)13/h9,11H,4-5,8H2,1-3H3. The Morgan fingerprint density at radius 1 is 1.54 bits per heavy atom. The third kappa shape index (κ3) is 2.77. The Bertz CT molecular complexity index is 247. The molecule has 0 aromatic rings. The number of carbonyl (C=O) groups excluding carboxylic acids is 1. The summed E-state index contributed by atoms with van der Waals surface area (Å²) in [5, 5.41) is 0. The molecule has 1 rings (SSSR count). The van der Waals surface area contributed by atoms with Gasteiger partial charge in [-0.1, -0.05) is 25.7 Å². The van der Waals surface area contributed by atoms with Crippen LogP contribution >= 0.6 is 0 Å². The SMILES string of the molecule is CC(=O)N1CCCC1C#CC(C)C. The van der Waals surface area contributed by atoms with Crippen LogP contribution in [0, 0.1) is 17.8 Å². The summed E-state index contributed by atoms with van der Waals surface area (Å²) >= 11 is 0. The zero-order valence-corrected chi connectivity index (χ0v) is 8.63. The molecule has 0 aliphatic carbocycles. The van der Waals surface area contributed by atoms with E-state index in [2.05, 4.69) is 25.7 Å². The third-order valence-electron chi connectivity index (χ3n) is 2.20. The minimum Gasteiger partial charge on any atom is -0.329 e. The first-order valence-electron chi connectivity index (χ1n) is 4.89. The molecular formula is C11H17NO. The van der Waals surface area contributed by atoms with E-state index in [9.17, 15) is 4.79 Å². The molecule has 1 fully saturated rings. The summed E-state index contributed by atoms with van der Waals surface area (Å²) in [5.41, 5.74) is 0. The Labute approximate surface area is 80.3 Å². The van der Waals surface area contributed by atoms with Crippen molar-refractivity contribution in [1.29, 1.82) is 0 Å². The quantitative estimate of drug-likeness (QED) is 0.518. The molecule has 0 saturated carbocycles. The van der Waals surface area contributed by atoms with E-state index in [1.807, 2.05) is 4.90 Å². The van der Waals surface area contributed by atoms with E-state index in [0.717, 1.165) is 19.4 Å². The molecule has 0 radical (unpaired) electrons. The Hall–Kier alpha value is -0.970. The smallest absolute Gasteiger partial charge is 0.220 e. The number of nitrogens with zero attached hydrogens (tertiary/aromatic N) is 1. The molecule has 1 atom stereocenters. The molecule has 1 aliphatic rings. The van der Waals surface area contributed by atoms with Crippen LogP contribution in [0.5, 0.6) is 0 Å². The van der Waals surface area contributed by atoms with Gasteiger partial charge in [0.1, 0.15) is 0 Å². The van der Waals surface area contributed by atoms with E-state index in [1.165, 1.54) is 0 Å². The number of hydrogen-bond acceptors (Lipinski definition) is 1. The molecule has 72 valence electrons. The fourth-order valence-electron chi connectivity index (χ4n) is 1.56. The highest BCUT2D eigenvalue weighted by molar-refractivity contribution is 5.74. The normalized spacial score (nSPS) is 21.5. The maximum absolute atomic E-state index is 11.2. The minimum absolute atomic E-state index is 0.153. The van der Waals surface area contributed by atoms with Crippen LogP contribution in [0.15, 0.2) is 0 Å². The third-order valence-corrected chi connectivity index (χ3v) is 2.20. The first-order valence-corrected chi connectivity index (χ1v) is 4.89. The molecule has 1 heterocycles. The lowest BCUT2D eigenvalue weighted by atomic mass is 10.2. The summed E-state index contributed by atoms with van der Waals surface area (Å²) in [5.74, 6) is 6.85. The Balaban J connectivity index is 2.60. The Morgan fingerprint density at radius 3 is 2.77 bits per heavy atom. The van der Waals surface area contributed by atoms with Gasteiger partial charge in [-0.25, -0.2) is 0 Å². The van der Waals surface area contributed by atoms with Crippen molar-refractivity contribution in [2.75, 3.05) is 6.54 Å². The van der Waals surface area contributed by atoms with E-state index in [0.29, 0.717) is 5.92 Å². The van der Waals surface area contributed by atoms with E-state index in [4.69, 9.17) is 0 Å². The second-order valence-electron chi connectivity index (χ2n) is 3.81. The molecule has 0 bridgehead atoms. The van der Waals surface area contributed by atoms with Gasteiger partial charge in [-0.2, -0.15) is 0 Å². The van der Waals surface area contributed by atoms with Gasteiger partial charge in [0.15, 0.2) is 0 Å². The molecule has 13 heavy (non-hydrogen) atoms. The first-order chi connectivity index (χ1) is 6.11. The molecule has 0 aromatic heterocycles.